The maximum Gasteiger partial charge on any atom is 0.311 e. The molecule has 6 heteroatoms. The van der Waals surface area contributed by atoms with E-state index in [0.717, 1.165) is 5.56 Å². The highest BCUT2D eigenvalue weighted by Gasteiger charge is 2.23. The predicted molar refractivity (Wildman–Crippen MR) is 83.1 cm³/mol. The monoisotopic (exact) mass is 286 g/mol. The molecule has 0 radical (unpaired) electrons. The molecule has 0 fully saturated rings. The van der Waals surface area contributed by atoms with Gasteiger partial charge in [0.1, 0.15) is 5.82 Å². The van der Waals surface area contributed by atoms with E-state index in [1.807, 2.05) is 49.1 Å². The fourth-order valence-corrected chi connectivity index (χ4v) is 2.09. The molecule has 0 saturated heterocycles. The summed E-state index contributed by atoms with van der Waals surface area (Å²) in [5.74, 6) is 0.577. The lowest BCUT2D eigenvalue weighted by atomic mass is 10.2. The number of hydrogen-bond donors (Lipinski definition) is 1. The molecule has 2 aromatic rings. The molecule has 21 heavy (non-hydrogen) atoms. The average Bonchev–Trinajstić information content (AvgIpc) is 2.45. The highest BCUT2D eigenvalue weighted by molar-refractivity contribution is 5.61. The first-order valence-corrected chi connectivity index (χ1v) is 6.70. The van der Waals surface area contributed by atoms with Gasteiger partial charge in [-0.3, -0.25) is 10.1 Å². The maximum atomic E-state index is 11.2. The summed E-state index contributed by atoms with van der Waals surface area (Å²) in [5, 5.41) is 11.2. The van der Waals surface area contributed by atoms with Gasteiger partial charge in [-0.25, -0.2) is 4.98 Å². The molecule has 1 heterocycles. The average molecular weight is 286 g/mol. The van der Waals surface area contributed by atoms with E-state index in [9.17, 15) is 10.1 Å². The summed E-state index contributed by atoms with van der Waals surface area (Å²) in [6.45, 7) is 4.48. The second kappa shape index (κ2) is 6.21. The van der Waals surface area contributed by atoms with E-state index in [0.29, 0.717) is 12.4 Å². The molecule has 0 aliphatic rings. The fourth-order valence-electron chi connectivity index (χ4n) is 2.09. The minimum absolute atomic E-state index is 0.0335. The van der Waals surface area contributed by atoms with Crippen molar-refractivity contribution in [2.24, 2.45) is 0 Å². The highest BCUT2D eigenvalue weighted by Crippen LogP contribution is 2.29. The Kier molecular flexibility index (Phi) is 4.37. The molecular weight excluding hydrogens is 268 g/mol. The predicted octanol–water partition coefficient (Wildman–Crippen LogP) is 2.99. The van der Waals surface area contributed by atoms with Gasteiger partial charge in [0.2, 0.25) is 5.82 Å². The summed E-state index contributed by atoms with van der Waals surface area (Å²) >= 11 is 0. The molecular formula is C15H18N4O2. The van der Waals surface area contributed by atoms with Gasteiger partial charge in [0.05, 0.1) is 4.92 Å². The Morgan fingerprint density at radius 1 is 1.24 bits per heavy atom. The van der Waals surface area contributed by atoms with Gasteiger partial charge in [0.25, 0.3) is 0 Å². The van der Waals surface area contributed by atoms with Crippen LogP contribution in [0.25, 0.3) is 0 Å². The lowest BCUT2D eigenvalue weighted by molar-refractivity contribution is -0.384. The van der Waals surface area contributed by atoms with Gasteiger partial charge >= 0.3 is 5.69 Å². The largest absolute Gasteiger partial charge is 0.384 e. The Hall–Kier alpha value is -2.63. The van der Waals surface area contributed by atoms with Gasteiger partial charge in [-0.15, -0.1) is 0 Å². The van der Waals surface area contributed by atoms with E-state index in [1.165, 1.54) is 12.1 Å². The van der Waals surface area contributed by atoms with E-state index < -0.39 is 4.92 Å². The first kappa shape index (κ1) is 14.8. The van der Waals surface area contributed by atoms with Crippen molar-refractivity contribution in [1.29, 1.82) is 0 Å². The number of nitro groups is 1. The van der Waals surface area contributed by atoms with Crippen LogP contribution in [0, 0.1) is 10.1 Å². The van der Waals surface area contributed by atoms with Gasteiger partial charge in [-0.05, 0) is 25.5 Å². The van der Waals surface area contributed by atoms with Gasteiger partial charge in [-0.1, -0.05) is 30.3 Å². The first-order valence-electron chi connectivity index (χ1n) is 6.70. The summed E-state index contributed by atoms with van der Waals surface area (Å²) in [7, 11) is 0. The standard InChI is InChI=1S/C15H18N4O2/c1-11(2)18(10-12-6-4-3-5-7-12)15-13(19(20)21)8-9-14(16)17-15/h3-9,11H,10H2,1-2H3,(H2,16,17). The number of nitrogens with two attached hydrogens (primary N) is 1. The maximum absolute atomic E-state index is 11.2. The van der Waals surface area contributed by atoms with Crippen LogP contribution in [0.1, 0.15) is 19.4 Å². The van der Waals surface area contributed by atoms with Crippen LogP contribution in [0.15, 0.2) is 42.5 Å². The van der Waals surface area contributed by atoms with Crippen molar-refractivity contribution in [3.63, 3.8) is 0 Å². The first-order chi connectivity index (χ1) is 9.99. The molecule has 0 unspecified atom stereocenters. The smallest absolute Gasteiger partial charge is 0.311 e. The van der Waals surface area contributed by atoms with E-state index in [1.54, 1.807) is 0 Å². The Morgan fingerprint density at radius 3 is 2.48 bits per heavy atom. The lowest BCUT2D eigenvalue weighted by Gasteiger charge is -2.27. The quantitative estimate of drug-likeness (QED) is 0.674. The summed E-state index contributed by atoms with van der Waals surface area (Å²) in [6.07, 6.45) is 0. The molecule has 0 bridgehead atoms. The molecule has 0 aliphatic heterocycles. The van der Waals surface area contributed by atoms with Crippen LogP contribution in [0.3, 0.4) is 0 Å². The zero-order chi connectivity index (χ0) is 15.4. The number of nitrogens with zero attached hydrogens (tertiary/aromatic N) is 3. The van der Waals surface area contributed by atoms with Crippen molar-refractivity contribution in [2.45, 2.75) is 26.4 Å². The third-order valence-electron chi connectivity index (χ3n) is 3.16. The Labute approximate surface area is 123 Å². The Balaban J connectivity index is 2.43. The Bertz CT molecular complexity index is 629. The fraction of sp³-hybridized carbons (Fsp3) is 0.267. The van der Waals surface area contributed by atoms with Crippen LogP contribution in [0.4, 0.5) is 17.3 Å². The minimum Gasteiger partial charge on any atom is -0.384 e. The number of pyridine rings is 1. The topological polar surface area (TPSA) is 85.3 Å². The number of anilines is 2. The molecule has 0 atom stereocenters. The van der Waals surface area contributed by atoms with E-state index in [2.05, 4.69) is 4.98 Å². The van der Waals surface area contributed by atoms with E-state index in [4.69, 9.17) is 5.73 Å². The van der Waals surface area contributed by atoms with Crippen LogP contribution in [-0.2, 0) is 6.54 Å². The van der Waals surface area contributed by atoms with Gasteiger partial charge in [0, 0.05) is 18.7 Å². The zero-order valence-electron chi connectivity index (χ0n) is 12.1. The normalized spacial score (nSPS) is 10.6. The summed E-state index contributed by atoms with van der Waals surface area (Å²) in [6, 6.07) is 12.7. The number of hydrogen-bond acceptors (Lipinski definition) is 5. The van der Waals surface area contributed by atoms with Crippen LogP contribution in [0.2, 0.25) is 0 Å². The highest BCUT2D eigenvalue weighted by atomic mass is 16.6. The van der Waals surface area contributed by atoms with Gasteiger partial charge < -0.3 is 10.6 Å². The Morgan fingerprint density at radius 2 is 1.90 bits per heavy atom. The molecule has 110 valence electrons. The molecule has 6 nitrogen and oxygen atoms in total. The summed E-state index contributed by atoms with van der Waals surface area (Å²) in [4.78, 5) is 16.8. The van der Waals surface area contributed by atoms with Crippen molar-refractivity contribution in [1.82, 2.24) is 4.98 Å². The van der Waals surface area contributed by atoms with Crippen molar-refractivity contribution >= 4 is 17.3 Å². The van der Waals surface area contributed by atoms with Gasteiger partial charge in [-0.2, -0.15) is 0 Å². The van der Waals surface area contributed by atoms with Crippen LogP contribution < -0.4 is 10.6 Å². The van der Waals surface area contributed by atoms with Crippen molar-refractivity contribution in [3.05, 3.63) is 58.1 Å². The summed E-state index contributed by atoms with van der Waals surface area (Å²) < 4.78 is 0. The van der Waals surface area contributed by atoms with Crippen molar-refractivity contribution < 1.29 is 4.92 Å². The molecule has 0 saturated carbocycles. The number of aromatic nitrogens is 1. The molecule has 2 rings (SSSR count). The SMILES string of the molecule is CC(C)N(Cc1ccccc1)c1nc(N)ccc1[N+](=O)[O-]. The van der Waals surface area contributed by atoms with Crippen molar-refractivity contribution in [2.75, 3.05) is 10.6 Å². The van der Waals surface area contributed by atoms with Crippen LogP contribution >= 0.6 is 0 Å². The van der Waals surface area contributed by atoms with Crippen LogP contribution in [0.5, 0.6) is 0 Å². The lowest BCUT2D eigenvalue weighted by Crippen LogP contribution is -2.31. The molecule has 0 aliphatic carbocycles. The number of benzene rings is 1. The zero-order valence-corrected chi connectivity index (χ0v) is 12.1. The molecule has 0 amide bonds. The molecule has 1 aromatic carbocycles. The van der Waals surface area contributed by atoms with E-state index >= 15 is 0 Å². The van der Waals surface area contributed by atoms with E-state index in [-0.39, 0.29) is 17.5 Å². The second-order valence-corrected chi connectivity index (χ2v) is 5.04. The second-order valence-electron chi connectivity index (χ2n) is 5.04. The van der Waals surface area contributed by atoms with Gasteiger partial charge in [0.15, 0.2) is 0 Å². The number of nitrogen functional groups attached to an aromatic ring is 1. The molecule has 1 aromatic heterocycles. The third-order valence-corrected chi connectivity index (χ3v) is 3.16. The summed E-state index contributed by atoms with van der Waals surface area (Å²) in [5.41, 5.74) is 6.73. The van der Waals surface area contributed by atoms with Crippen molar-refractivity contribution in [3.8, 4) is 0 Å². The minimum atomic E-state index is -0.428. The van der Waals surface area contributed by atoms with Crippen LogP contribution in [-0.4, -0.2) is 15.9 Å². The molecule has 2 N–H and O–H groups in total. The number of rotatable bonds is 5. The molecule has 0 spiro atoms. The third kappa shape index (κ3) is 3.47.